The van der Waals surface area contributed by atoms with Crippen LogP contribution in [0.2, 0.25) is 0 Å². The topological polar surface area (TPSA) is 68.2 Å². The molecule has 30 heavy (non-hydrogen) atoms. The van der Waals surface area contributed by atoms with Crippen LogP contribution in [0.25, 0.3) is 20.4 Å². The predicted octanol–water partition coefficient (Wildman–Crippen LogP) is 5.16. The maximum absolute atomic E-state index is 13.5. The highest BCUT2D eigenvalue weighted by atomic mass is 32.1. The van der Waals surface area contributed by atoms with Crippen LogP contribution < -0.4 is 9.64 Å². The lowest BCUT2D eigenvalue weighted by atomic mass is 10.1. The minimum atomic E-state index is -0.111. The third-order valence-electron chi connectivity index (χ3n) is 4.70. The zero-order valence-electron chi connectivity index (χ0n) is 16.0. The van der Waals surface area contributed by atoms with E-state index < -0.39 is 0 Å². The summed E-state index contributed by atoms with van der Waals surface area (Å²) in [4.78, 5) is 28.5. The highest BCUT2D eigenvalue weighted by Gasteiger charge is 2.22. The van der Waals surface area contributed by atoms with E-state index in [1.165, 1.54) is 22.7 Å². The van der Waals surface area contributed by atoms with E-state index in [4.69, 9.17) is 9.72 Å². The van der Waals surface area contributed by atoms with Gasteiger partial charge in [0.15, 0.2) is 5.13 Å². The van der Waals surface area contributed by atoms with Crippen molar-refractivity contribution >= 4 is 54.1 Å². The van der Waals surface area contributed by atoms with Crippen LogP contribution in [-0.2, 0) is 6.54 Å². The van der Waals surface area contributed by atoms with Gasteiger partial charge in [-0.15, -0.1) is 11.3 Å². The number of benzene rings is 2. The second kappa shape index (κ2) is 7.81. The highest BCUT2D eigenvalue weighted by molar-refractivity contribution is 7.22. The molecular formula is C22H16N4O2S2. The number of carbonyl (C=O) groups is 1. The number of thiazole rings is 2. The molecule has 5 aromatic rings. The lowest BCUT2D eigenvalue weighted by Crippen LogP contribution is -2.30. The van der Waals surface area contributed by atoms with E-state index in [1.54, 1.807) is 29.9 Å². The average molecular weight is 433 g/mol. The summed E-state index contributed by atoms with van der Waals surface area (Å²) >= 11 is 3.00. The predicted molar refractivity (Wildman–Crippen MR) is 121 cm³/mol. The largest absolute Gasteiger partial charge is 0.497 e. The standard InChI is InChI=1S/C22H16N4O2S2/c1-28-16-5-7-19-18(10-16)25-22(30-19)26(12-14-3-2-8-23-11-14)21(27)15-4-6-17-20(9-15)29-13-24-17/h2-11,13H,12H2,1H3. The Morgan fingerprint density at radius 2 is 2.03 bits per heavy atom. The van der Waals surface area contributed by atoms with Gasteiger partial charge in [-0.25, -0.2) is 9.97 Å². The van der Waals surface area contributed by atoms with Gasteiger partial charge in [0, 0.05) is 24.0 Å². The van der Waals surface area contributed by atoms with Gasteiger partial charge in [0.05, 0.1) is 39.6 Å². The Labute approximate surface area is 180 Å². The first-order chi connectivity index (χ1) is 14.7. The van der Waals surface area contributed by atoms with Crippen molar-refractivity contribution in [2.75, 3.05) is 12.0 Å². The molecule has 0 aliphatic heterocycles. The van der Waals surface area contributed by atoms with Gasteiger partial charge in [-0.1, -0.05) is 17.4 Å². The summed E-state index contributed by atoms with van der Waals surface area (Å²) in [6.45, 7) is 0.379. The molecule has 2 aromatic carbocycles. The average Bonchev–Trinajstić information content (AvgIpc) is 3.43. The Bertz CT molecular complexity index is 1350. The molecule has 0 spiro atoms. The van der Waals surface area contributed by atoms with Crippen molar-refractivity contribution < 1.29 is 9.53 Å². The number of carbonyl (C=O) groups excluding carboxylic acids is 1. The summed E-state index contributed by atoms with van der Waals surface area (Å²) in [7, 11) is 1.63. The van der Waals surface area contributed by atoms with Crippen LogP contribution in [0.5, 0.6) is 5.75 Å². The molecule has 0 aliphatic rings. The van der Waals surface area contributed by atoms with E-state index in [9.17, 15) is 4.79 Å². The Morgan fingerprint density at radius 3 is 2.87 bits per heavy atom. The van der Waals surface area contributed by atoms with E-state index in [1.807, 2.05) is 48.5 Å². The number of hydrogen-bond donors (Lipinski definition) is 0. The molecule has 0 bridgehead atoms. The molecular weight excluding hydrogens is 416 g/mol. The molecule has 0 aliphatic carbocycles. The van der Waals surface area contributed by atoms with Crippen molar-refractivity contribution in [3.8, 4) is 5.75 Å². The fraction of sp³-hybridized carbons (Fsp3) is 0.0909. The normalized spacial score (nSPS) is 11.1. The number of amides is 1. The molecule has 0 radical (unpaired) electrons. The quantitative estimate of drug-likeness (QED) is 0.384. The third kappa shape index (κ3) is 3.51. The molecule has 1 amide bonds. The number of methoxy groups -OCH3 is 1. The Kier molecular flexibility index (Phi) is 4.86. The first kappa shape index (κ1) is 18.7. The Morgan fingerprint density at radius 1 is 1.10 bits per heavy atom. The molecule has 0 saturated heterocycles. The number of pyridine rings is 1. The lowest BCUT2D eigenvalue weighted by Gasteiger charge is -2.20. The molecule has 8 heteroatoms. The molecule has 0 unspecified atom stereocenters. The van der Waals surface area contributed by atoms with E-state index in [0.29, 0.717) is 17.2 Å². The van der Waals surface area contributed by atoms with Gasteiger partial charge in [-0.2, -0.15) is 0 Å². The van der Waals surface area contributed by atoms with Gasteiger partial charge in [0.25, 0.3) is 5.91 Å². The van der Waals surface area contributed by atoms with Crippen LogP contribution in [0.3, 0.4) is 0 Å². The van der Waals surface area contributed by atoms with E-state index >= 15 is 0 Å². The number of nitrogens with zero attached hydrogens (tertiary/aromatic N) is 4. The number of fused-ring (bicyclic) bond motifs is 2. The van der Waals surface area contributed by atoms with Crippen molar-refractivity contribution in [2.24, 2.45) is 0 Å². The second-order valence-corrected chi connectivity index (χ2v) is 8.51. The lowest BCUT2D eigenvalue weighted by molar-refractivity contribution is 0.0985. The van der Waals surface area contributed by atoms with Crippen LogP contribution in [0.15, 0.2) is 66.4 Å². The van der Waals surface area contributed by atoms with Gasteiger partial charge in [-0.3, -0.25) is 14.7 Å². The summed E-state index contributed by atoms with van der Waals surface area (Å²) in [5.74, 6) is 0.625. The van der Waals surface area contributed by atoms with Gasteiger partial charge >= 0.3 is 0 Å². The van der Waals surface area contributed by atoms with Crippen molar-refractivity contribution in [1.82, 2.24) is 15.0 Å². The number of rotatable bonds is 5. The highest BCUT2D eigenvalue weighted by Crippen LogP contribution is 2.33. The van der Waals surface area contributed by atoms with Crippen molar-refractivity contribution in [3.05, 3.63) is 77.6 Å². The van der Waals surface area contributed by atoms with Crippen LogP contribution in [0, 0.1) is 0 Å². The molecule has 0 saturated carbocycles. The molecule has 6 nitrogen and oxygen atoms in total. The maximum atomic E-state index is 13.5. The number of aromatic nitrogens is 3. The van der Waals surface area contributed by atoms with Gasteiger partial charge in [0.1, 0.15) is 5.75 Å². The molecule has 5 rings (SSSR count). The Hall–Kier alpha value is -3.36. The van der Waals surface area contributed by atoms with E-state index in [-0.39, 0.29) is 5.91 Å². The van der Waals surface area contributed by atoms with E-state index in [0.717, 1.165) is 31.7 Å². The fourth-order valence-corrected chi connectivity index (χ4v) is 4.84. The number of ether oxygens (including phenoxy) is 1. The molecule has 0 atom stereocenters. The molecule has 148 valence electrons. The summed E-state index contributed by atoms with van der Waals surface area (Å²) in [6.07, 6.45) is 3.49. The first-order valence-electron chi connectivity index (χ1n) is 9.20. The first-order valence-corrected chi connectivity index (χ1v) is 10.9. The minimum absolute atomic E-state index is 0.111. The molecule has 0 N–H and O–H groups in total. The number of hydrogen-bond acceptors (Lipinski definition) is 7. The zero-order valence-corrected chi connectivity index (χ0v) is 17.6. The monoisotopic (exact) mass is 432 g/mol. The second-order valence-electron chi connectivity index (χ2n) is 6.62. The van der Waals surface area contributed by atoms with Crippen LogP contribution >= 0.6 is 22.7 Å². The summed E-state index contributed by atoms with van der Waals surface area (Å²) in [5, 5.41) is 0.636. The van der Waals surface area contributed by atoms with Gasteiger partial charge in [-0.05, 0) is 42.0 Å². The van der Waals surface area contributed by atoms with Crippen LogP contribution in [0.4, 0.5) is 5.13 Å². The molecule has 0 fully saturated rings. The summed E-state index contributed by atoms with van der Waals surface area (Å²) in [6, 6.07) is 15.1. The van der Waals surface area contributed by atoms with Crippen molar-refractivity contribution in [2.45, 2.75) is 6.54 Å². The summed E-state index contributed by atoms with van der Waals surface area (Å²) in [5.41, 5.74) is 5.01. The van der Waals surface area contributed by atoms with Crippen LogP contribution in [-0.4, -0.2) is 28.0 Å². The molecule has 3 heterocycles. The number of anilines is 1. The van der Waals surface area contributed by atoms with Gasteiger partial charge in [0.2, 0.25) is 0 Å². The van der Waals surface area contributed by atoms with Crippen molar-refractivity contribution in [1.29, 1.82) is 0 Å². The van der Waals surface area contributed by atoms with E-state index in [2.05, 4.69) is 9.97 Å². The maximum Gasteiger partial charge on any atom is 0.260 e. The molecule has 3 aromatic heterocycles. The third-order valence-corrected chi connectivity index (χ3v) is 6.55. The Balaban J connectivity index is 1.58. The fourth-order valence-electron chi connectivity index (χ4n) is 3.18. The van der Waals surface area contributed by atoms with Crippen molar-refractivity contribution in [3.63, 3.8) is 0 Å². The van der Waals surface area contributed by atoms with Gasteiger partial charge < -0.3 is 4.74 Å². The summed E-state index contributed by atoms with van der Waals surface area (Å²) < 4.78 is 7.28. The SMILES string of the molecule is COc1ccc2sc(N(Cc3cccnc3)C(=O)c3ccc4ncsc4c3)nc2c1. The minimum Gasteiger partial charge on any atom is -0.497 e. The smallest absolute Gasteiger partial charge is 0.260 e. The van der Waals surface area contributed by atoms with Crippen LogP contribution in [0.1, 0.15) is 15.9 Å². The zero-order chi connectivity index (χ0) is 20.5.